The third-order valence-electron chi connectivity index (χ3n) is 4.04. The monoisotopic (exact) mass is 418 g/mol. The minimum atomic E-state index is -4.01. The molecule has 29 heavy (non-hydrogen) atoms. The standard InChI is InChI=1S/C20H19FN2O5S/c1-27-17-7-9-19(10-8-17)29(25,26)23(13-18-6-3-11-28-18)14-20(24)22-16-5-2-4-15(21)12-16/h2-12H,13-14H2,1H3,(H,22,24). The van der Waals surface area contributed by atoms with Gasteiger partial charge in [0, 0.05) is 5.69 Å². The number of carbonyl (C=O) groups excluding carboxylic acids is 1. The summed E-state index contributed by atoms with van der Waals surface area (Å²) in [6, 6.07) is 14.4. The molecule has 0 radical (unpaired) electrons. The first-order chi connectivity index (χ1) is 13.9. The lowest BCUT2D eigenvalue weighted by Crippen LogP contribution is -2.37. The van der Waals surface area contributed by atoms with Gasteiger partial charge in [-0.1, -0.05) is 6.07 Å². The van der Waals surface area contributed by atoms with Crippen molar-refractivity contribution in [2.45, 2.75) is 11.4 Å². The van der Waals surface area contributed by atoms with Crippen molar-refractivity contribution in [1.82, 2.24) is 4.31 Å². The van der Waals surface area contributed by atoms with Crippen molar-refractivity contribution < 1.29 is 26.8 Å². The smallest absolute Gasteiger partial charge is 0.243 e. The van der Waals surface area contributed by atoms with Gasteiger partial charge in [-0.25, -0.2) is 12.8 Å². The van der Waals surface area contributed by atoms with Gasteiger partial charge >= 0.3 is 0 Å². The van der Waals surface area contributed by atoms with Crippen LogP contribution in [0.3, 0.4) is 0 Å². The molecule has 1 N–H and O–H groups in total. The number of anilines is 1. The van der Waals surface area contributed by atoms with Gasteiger partial charge in [0.05, 0.1) is 31.4 Å². The Bertz CT molecular complexity index is 1070. The van der Waals surface area contributed by atoms with E-state index in [1.165, 1.54) is 55.8 Å². The quantitative estimate of drug-likeness (QED) is 0.607. The normalized spacial score (nSPS) is 11.4. The highest BCUT2D eigenvalue weighted by atomic mass is 32.2. The van der Waals surface area contributed by atoms with Gasteiger partial charge < -0.3 is 14.5 Å². The Labute approximate surface area is 167 Å². The van der Waals surface area contributed by atoms with E-state index in [-0.39, 0.29) is 17.1 Å². The molecule has 1 amide bonds. The predicted molar refractivity (Wildman–Crippen MR) is 104 cm³/mol. The first-order valence-corrected chi connectivity index (χ1v) is 10.0. The van der Waals surface area contributed by atoms with Gasteiger partial charge in [-0.3, -0.25) is 4.79 Å². The van der Waals surface area contributed by atoms with E-state index in [1.807, 2.05) is 0 Å². The Hall–Kier alpha value is -3.17. The van der Waals surface area contributed by atoms with E-state index in [2.05, 4.69) is 5.32 Å². The molecule has 0 atom stereocenters. The predicted octanol–water partition coefficient (Wildman–Crippen LogP) is 3.26. The number of amides is 1. The summed E-state index contributed by atoms with van der Waals surface area (Å²) >= 11 is 0. The van der Waals surface area contributed by atoms with Gasteiger partial charge in [0.15, 0.2) is 0 Å². The van der Waals surface area contributed by atoms with Crippen LogP contribution < -0.4 is 10.1 Å². The van der Waals surface area contributed by atoms with Gasteiger partial charge in [-0.2, -0.15) is 4.31 Å². The number of nitrogens with one attached hydrogen (secondary N) is 1. The molecule has 3 aromatic rings. The lowest BCUT2D eigenvalue weighted by Gasteiger charge is -2.21. The number of furan rings is 1. The van der Waals surface area contributed by atoms with E-state index in [1.54, 1.807) is 12.1 Å². The van der Waals surface area contributed by atoms with E-state index >= 15 is 0 Å². The maximum Gasteiger partial charge on any atom is 0.243 e. The zero-order valence-electron chi connectivity index (χ0n) is 15.5. The number of sulfonamides is 1. The van der Waals surface area contributed by atoms with Gasteiger partial charge in [-0.15, -0.1) is 0 Å². The minimum Gasteiger partial charge on any atom is -0.497 e. The molecule has 1 heterocycles. The average Bonchev–Trinajstić information content (AvgIpc) is 3.20. The van der Waals surface area contributed by atoms with Crippen LogP contribution in [-0.2, 0) is 21.4 Å². The van der Waals surface area contributed by atoms with Crippen LogP contribution in [0.2, 0.25) is 0 Å². The highest BCUT2D eigenvalue weighted by Crippen LogP contribution is 2.21. The molecule has 152 valence electrons. The molecule has 0 aliphatic carbocycles. The van der Waals surface area contributed by atoms with Crippen LogP contribution >= 0.6 is 0 Å². The van der Waals surface area contributed by atoms with E-state index in [0.717, 1.165) is 10.4 Å². The van der Waals surface area contributed by atoms with Gasteiger partial charge in [0.1, 0.15) is 17.3 Å². The Morgan fingerprint density at radius 2 is 1.90 bits per heavy atom. The Morgan fingerprint density at radius 3 is 2.52 bits per heavy atom. The number of carbonyl (C=O) groups is 1. The number of hydrogen-bond donors (Lipinski definition) is 1. The number of rotatable bonds is 8. The molecule has 7 nitrogen and oxygen atoms in total. The fourth-order valence-electron chi connectivity index (χ4n) is 2.63. The van der Waals surface area contributed by atoms with Crippen LogP contribution in [0.15, 0.2) is 76.2 Å². The molecular formula is C20H19FN2O5S. The largest absolute Gasteiger partial charge is 0.497 e. The third-order valence-corrected chi connectivity index (χ3v) is 5.84. The molecule has 2 aromatic carbocycles. The van der Waals surface area contributed by atoms with Crippen molar-refractivity contribution in [3.63, 3.8) is 0 Å². The summed E-state index contributed by atoms with van der Waals surface area (Å²) in [6.07, 6.45) is 1.42. The maximum atomic E-state index is 13.3. The number of hydrogen-bond acceptors (Lipinski definition) is 5. The van der Waals surface area contributed by atoms with Crippen LogP contribution in [0, 0.1) is 5.82 Å². The lowest BCUT2D eigenvalue weighted by molar-refractivity contribution is -0.116. The summed E-state index contributed by atoms with van der Waals surface area (Å²) in [5, 5.41) is 2.50. The van der Waals surface area contributed by atoms with Gasteiger partial charge in [0.25, 0.3) is 0 Å². The highest BCUT2D eigenvalue weighted by Gasteiger charge is 2.28. The fraction of sp³-hybridized carbons (Fsp3) is 0.150. The molecular weight excluding hydrogens is 399 g/mol. The van der Waals surface area contributed by atoms with E-state index in [9.17, 15) is 17.6 Å². The Kier molecular flexibility index (Phi) is 6.30. The average molecular weight is 418 g/mol. The van der Waals surface area contributed by atoms with Gasteiger partial charge in [0.2, 0.25) is 15.9 Å². The lowest BCUT2D eigenvalue weighted by atomic mass is 10.3. The number of methoxy groups -OCH3 is 1. The first kappa shape index (κ1) is 20.6. The Morgan fingerprint density at radius 1 is 1.14 bits per heavy atom. The van der Waals surface area contributed by atoms with E-state index < -0.39 is 28.3 Å². The minimum absolute atomic E-state index is 0.00316. The summed E-state index contributed by atoms with van der Waals surface area (Å²) in [4.78, 5) is 12.5. The highest BCUT2D eigenvalue weighted by molar-refractivity contribution is 7.89. The molecule has 0 saturated carbocycles. The molecule has 1 aromatic heterocycles. The molecule has 9 heteroatoms. The zero-order chi connectivity index (χ0) is 20.9. The third kappa shape index (κ3) is 5.21. The van der Waals surface area contributed by atoms with Crippen molar-refractivity contribution >= 4 is 21.6 Å². The molecule has 0 fully saturated rings. The second-order valence-electron chi connectivity index (χ2n) is 6.09. The molecule has 3 rings (SSSR count). The summed E-state index contributed by atoms with van der Waals surface area (Å²) in [5.74, 6) is -0.244. The number of halogens is 1. The fourth-order valence-corrected chi connectivity index (χ4v) is 3.99. The first-order valence-electron chi connectivity index (χ1n) is 8.60. The summed E-state index contributed by atoms with van der Waals surface area (Å²) in [5.41, 5.74) is 0.231. The van der Waals surface area contributed by atoms with Crippen LogP contribution in [0.1, 0.15) is 5.76 Å². The second-order valence-corrected chi connectivity index (χ2v) is 8.02. The molecule has 0 aliphatic rings. The maximum absolute atomic E-state index is 13.3. The Balaban J connectivity index is 1.84. The molecule has 0 saturated heterocycles. The summed E-state index contributed by atoms with van der Waals surface area (Å²) in [6.45, 7) is -0.622. The number of nitrogens with zero attached hydrogens (tertiary/aromatic N) is 1. The van der Waals surface area contributed by atoms with Crippen molar-refractivity contribution in [1.29, 1.82) is 0 Å². The van der Waals surface area contributed by atoms with E-state index in [0.29, 0.717) is 11.5 Å². The molecule has 0 aliphatic heterocycles. The van der Waals surface area contributed by atoms with Crippen molar-refractivity contribution in [2.24, 2.45) is 0 Å². The van der Waals surface area contributed by atoms with Crippen molar-refractivity contribution in [3.05, 3.63) is 78.5 Å². The molecule has 0 bridgehead atoms. The molecule has 0 unspecified atom stereocenters. The van der Waals surface area contributed by atoms with Crippen molar-refractivity contribution in [2.75, 3.05) is 19.0 Å². The van der Waals surface area contributed by atoms with Crippen LogP contribution in [0.25, 0.3) is 0 Å². The number of benzene rings is 2. The summed E-state index contributed by atoms with van der Waals surface area (Å²) in [7, 11) is -2.54. The second kappa shape index (κ2) is 8.89. The zero-order valence-corrected chi connectivity index (χ0v) is 16.4. The van der Waals surface area contributed by atoms with Crippen LogP contribution in [-0.4, -0.2) is 32.3 Å². The summed E-state index contributed by atoms with van der Waals surface area (Å²) < 4.78 is 50.8. The van der Waals surface area contributed by atoms with Crippen LogP contribution in [0.5, 0.6) is 5.75 Å². The van der Waals surface area contributed by atoms with E-state index in [4.69, 9.17) is 9.15 Å². The van der Waals surface area contributed by atoms with Crippen LogP contribution in [0.4, 0.5) is 10.1 Å². The SMILES string of the molecule is COc1ccc(S(=O)(=O)N(CC(=O)Nc2cccc(F)c2)Cc2ccco2)cc1. The molecule has 0 spiro atoms. The van der Waals surface area contributed by atoms with Gasteiger partial charge in [-0.05, 0) is 54.6 Å². The topological polar surface area (TPSA) is 88.9 Å². The van der Waals surface area contributed by atoms with Crippen molar-refractivity contribution in [3.8, 4) is 5.75 Å². The number of ether oxygens (including phenoxy) is 1.